The first kappa shape index (κ1) is 17.8. The maximum absolute atomic E-state index is 6.00. The summed E-state index contributed by atoms with van der Waals surface area (Å²) in [7, 11) is 0. The van der Waals surface area contributed by atoms with E-state index in [1.807, 2.05) is 0 Å². The van der Waals surface area contributed by atoms with Crippen LogP contribution >= 0.6 is 0 Å². The second-order valence-electron chi connectivity index (χ2n) is 0. The Morgan fingerprint density at radius 3 is 1.00 bits per heavy atom. The van der Waals surface area contributed by atoms with Gasteiger partial charge in [-0.1, -0.05) is 0 Å². The van der Waals surface area contributed by atoms with Crippen molar-refractivity contribution in [3.05, 3.63) is 0 Å². The van der Waals surface area contributed by atoms with Gasteiger partial charge in [-0.2, -0.15) is 0 Å². The van der Waals surface area contributed by atoms with E-state index in [1.165, 1.54) is 0 Å². The van der Waals surface area contributed by atoms with Crippen molar-refractivity contribution >= 4 is 48.4 Å². The average molecular weight is 66.0 g/mol. The summed E-state index contributed by atoms with van der Waals surface area (Å²) in [6.45, 7) is 0. The molecule has 0 heterocycles. The van der Waals surface area contributed by atoms with Gasteiger partial charge >= 0.3 is 48.4 Å². The molecule has 0 aromatic carbocycles. The molecule has 2 N–H and O–H groups in total. The van der Waals surface area contributed by atoms with Crippen molar-refractivity contribution in [1.29, 1.82) is 0 Å². The van der Waals surface area contributed by atoms with Crippen LogP contribution in [-0.4, -0.2) is 58.9 Å². The van der Waals surface area contributed by atoms with Crippen LogP contribution in [0.25, 0.3) is 0 Å². The predicted molar refractivity (Wildman–Crippen MR) is 19.6 cm³/mol. The standard InChI is InChI=1S/Li.Na.H2O2.2H/c;;1-2;;/h;;1-2H;;. The molecule has 0 rings (SSSR count). The van der Waals surface area contributed by atoms with Gasteiger partial charge in [-0.3, -0.25) is 10.5 Å². The fraction of sp³-hybridized carbons (Fsp3) is 0. The molecule has 18 valence electrons. The maximum atomic E-state index is 6.00. The summed E-state index contributed by atoms with van der Waals surface area (Å²) >= 11 is 0. The van der Waals surface area contributed by atoms with Crippen LogP contribution in [0.1, 0.15) is 0 Å². The van der Waals surface area contributed by atoms with E-state index in [0.717, 1.165) is 0 Å². The molecule has 0 saturated heterocycles. The predicted octanol–water partition coefficient (Wildman–Crippen LogP) is -1.28. The van der Waals surface area contributed by atoms with Crippen molar-refractivity contribution in [1.82, 2.24) is 0 Å². The van der Waals surface area contributed by atoms with Crippen molar-refractivity contribution < 1.29 is 10.5 Å². The van der Waals surface area contributed by atoms with E-state index in [0.29, 0.717) is 0 Å². The Labute approximate surface area is 58.6 Å². The molecule has 0 aliphatic rings. The van der Waals surface area contributed by atoms with E-state index in [4.69, 9.17) is 10.5 Å². The molecule has 0 bridgehead atoms. The Morgan fingerprint density at radius 1 is 1.00 bits per heavy atom. The molecule has 0 fully saturated rings. The molecule has 4 heavy (non-hydrogen) atoms. The molecule has 0 saturated carbocycles. The van der Waals surface area contributed by atoms with Crippen LogP contribution in [-0.2, 0) is 0 Å². The fourth-order valence-corrected chi connectivity index (χ4v) is 0. The summed E-state index contributed by atoms with van der Waals surface area (Å²) in [6.07, 6.45) is 0. The van der Waals surface area contributed by atoms with Crippen LogP contribution in [0.3, 0.4) is 0 Å². The van der Waals surface area contributed by atoms with Crippen molar-refractivity contribution in [3.8, 4) is 0 Å². The summed E-state index contributed by atoms with van der Waals surface area (Å²) in [5, 5.41) is 12.0. The molecule has 2 nitrogen and oxygen atoms in total. The summed E-state index contributed by atoms with van der Waals surface area (Å²) in [4.78, 5) is 0. The molecule has 4 heteroatoms. The molecule has 0 amide bonds. The molecule has 0 aliphatic carbocycles. The Morgan fingerprint density at radius 2 is 1.00 bits per heavy atom. The van der Waals surface area contributed by atoms with Crippen molar-refractivity contribution in [2.24, 2.45) is 0 Å². The van der Waals surface area contributed by atoms with Gasteiger partial charge in [-0.05, 0) is 0 Å². The molecule has 0 aromatic rings. The van der Waals surface area contributed by atoms with Gasteiger partial charge in [-0.15, -0.1) is 0 Å². The zero-order valence-corrected chi connectivity index (χ0v) is 0.894. The van der Waals surface area contributed by atoms with Crippen molar-refractivity contribution in [2.45, 2.75) is 0 Å². The van der Waals surface area contributed by atoms with Gasteiger partial charge in [0.25, 0.3) is 0 Å². The first-order valence-corrected chi connectivity index (χ1v) is 0.200. The van der Waals surface area contributed by atoms with Crippen molar-refractivity contribution in [2.75, 3.05) is 0 Å². The van der Waals surface area contributed by atoms with Gasteiger partial charge in [0, 0.05) is 0 Å². The van der Waals surface area contributed by atoms with Crippen molar-refractivity contribution in [3.63, 3.8) is 0 Å². The molecule has 0 spiro atoms. The summed E-state index contributed by atoms with van der Waals surface area (Å²) in [5.41, 5.74) is 0. The molecule has 0 unspecified atom stereocenters. The van der Waals surface area contributed by atoms with Crippen LogP contribution in [0.5, 0.6) is 0 Å². The Balaban J connectivity index is -0.00000000500. The van der Waals surface area contributed by atoms with E-state index >= 15 is 0 Å². The SMILES string of the molecule is OO.[LiH].[NaH]. The van der Waals surface area contributed by atoms with Crippen LogP contribution in [0.2, 0.25) is 0 Å². The van der Waals surface area contributed by atoms with Crippen LogP contribution in [0.4, 0.5) is 0 Å². The first-order valence-electron chi connectivity index (χ1n) is 0.200. The van der Waals surface area contributed by atoms with Gasteiger partial charge in [0.05, 0.1) is 0 Å². The number of rotatable bonds is 0. The molecule has 0 aromatic heterocycles. The average Bonchev–Trinajstić information content (AvgIpc) is 1.00. The normalized spacial score (nSPS) is 1.50. The zero-order chi connectivity index (χ0) is 2.00. The van der Waals surface area contributed by atoms with Gasteiger partial charge in [0.1, 0.15) is 0 Å². The minimum absolute atomic E-state index is 0. The van der Waals surface area contributed by atoms with Gasteiger partial charge in [0.2, 0.25) is 0 Å². The molecule has 0 atom stereocenters. The minimum atomic E-state index is 0. The van der Waals surface area contributed by atoms with E-state index < -0.39 is 0 Å². The Kier molecular flexibility index (Phi) is 108. The van der Waals surface area contributed by atoms with Gasteiger partial charge in [0.15, 0.2) is 0 Å². The van der Waals surface area contributed by atoms with E-state index in [1.54, 1.807) is 0 Å². The summed E-state index contributed by atoms with van der Waals surface area (Å²) in [5.74, 6) is 0. The monoisotopic (exact) mass is 66.0 g/mol. The fourth-order valence-electron chi connectivity index (χ4n) is 0. The van der Waals surface area contributed by atoms with E-state index in [9.17, 15) is 0 Å². The Hall–Kier alpha value is 1.52. The summed E-state index contributed by atoms with van der Waals surface area (Å²) < 4.78 is 0. The third kappa shape index (κ3) is 9.68. The van der Waals surface area contributed by atoms with E-state index in [2.05, 4.69) is 0 Å². The molecular weight excluding hydrogens is 61.9 g/mol. The van der Waals surface area contributed by atoms with Crippen LogP contribution in [0, 0.1) is 0 Å². The molecule has 0 aliphatic heterocycles. The Bertz CT molecular complexity index is 6.00. The number of hydrogen-bond donors (Lipinski definition) is 2. The van der Waals surface area contributed by atoms with Gasteiger partial charge in [-0.25, -0.2) is 0 Å². The third-order valence-corrected chi connectivity index (χ3v) is 0. The summed E-state index contributed by atoms with van der Waals surface area (Å²) in [6, 6.07) is 0. The molecular formula is H4LiNaO2. The van der Waals surface area contributed by atoms with Gasteiger partial charge < -0.3 is 0 Å². The third-order valence-electron chi connectivity index (χ3n) is 0. The zero-order valence-electron chi connectivity index (χ0n) is 0.894. The second kappa shape index (κ2) is 24.3. The topological polar surface area (TPSA) is 40.5 Å². The van der Waals surface area contributed by atoms with E-state index in [-0.39, 0.29) is 48.4 Å². The second-order valence-corrected chi connectivity index (χ2v) is 0. The number of hydrogen-bond acceptors (Lipinski definition) is 2. The molecule has 0 radical (unpaired) electrons. The van der Waals surface area contributed by atoms with Crippen LogP contribution < -0.4 is 0 Å². The quantitative estimate of drug-likeness (QED) is 0.210. The van der Waals surface area contributed by atoms with Crippen LogP contribution in [0.15, 0.2) is 0 Å². The first-order chi connectivity index (χ1) is 1.00.